The number of carbonyl (C=O) groups is 4. The SMILES string of the molecule is COC(=O)N[C@H](C(=O)N1CCC[C@H]1c1ncc(-c2ccc3c(c2)OCn2c-3cc3cc(-c4cnc([C@@H]5CCCN5C(=O)[C@@H](NC(=O)OC)C(C)C)[nH]4)c(F)cc32)[nH]1)C(C)C. The fourth-order valence-corrected chi connectivity index (χ4v) is 8.69. The highest BCUT2D eigenvalue weighted by Gasteiger charge is 2.39. The van der Waals surface area contributed by atoms with Crippen LogP contribution in [-0.4, -0.2) is 97.7 Å². The number of H-pyrrole nitrogens is 2. The number of carbonyl (C=O) groups excluding carboxylic acids is 4. The second-order valence-electron chi connectivity index (χ2n) is 16.3. The molecule has 3 aliphatic rings. The van der Waals surface area contributed by atoms with Crippen LogP contribution in [0.15, 0.2) is 48.8 Å². The summed E-state index contributed by atoms with van der Waals surface area (Å²) in [6.45, 7) is 8.74. The summed E-state index contributed by atoms with van der Waals surface area (Å²) in [6, 6.07) is 9.12. The van der Waals surface area contributed by atoms with Crippen molar-refractivity contribution in [3.63, 3.8) is 0 Å². The maximum Gasteiger partial charge on any atom is 0.407 e. The summed E-state index contributed by atoms with van der Waals surface area (Å²) in [5.74, 6) is 0.755. The molecule has 8 rings (SSSR count). The topological polar surface area (TPSA) is 189 Å². The third kappa shape index (κ3) is 7.41. The number of hydrogen-bond acceptors (Lipinski definition) is 9. The monoisotopic (exact) mass is 823 g/mol. The fourth-order valence-electron chi connectivity index (χ4n) is 8.69. The molecule has 3 aromatic heterocycles. The molecular weight excluding hydrogens is 774 g/mol. The van der Waals surface area contributed by atoms with Gasteiger partial charge in [0.2, 0.25) is 11.8 Å². The highest BCUT2D eigenvalue weighted by molar-refractivity contribution is 5.92. The molecule has 16 nitrogen and oxygen atoms in total. The van der Waals surface area contributed by atoms with E-state index in [-0.39, 0.29) is 42.5 Å². The molecule has 4 atom stereocenters. The molecule has 0 bridgehead atoms. The quantitative estimate of drug-likeness (QED) is 0.119. The molecule has 4 N–H and O–H groups in total. The first-order valence-corrected chi connectivity index (χ1v) is 20.4. The first-order chi connectivity index (χ1) is 28.9. The van der Waals surface area contributed by atoms with Gasteiger partial charge in [-0.2, -0.15) is 0 Å². The smallest absolute Gasteiger partial charge is 0.407 e. The van der Waals surface area contributed by atoms with E-state index in [4.69, 9.17) is 14.2 Å². The predicted octanol–water partition coefficient (Wildman–Crippen LogP) is 6.67. The minimum absolute atomic E-state index is 0.138. The van der Waals surface area contributed by atoms with Crippen LogP contribution in [0.5, 0.6) is 5.75 Å². The number of methoxy groups -OCH3 is 2. The summed E-state index contributed by atoms with van der Waals surface area (Å²) in [5.41, 5.74) is 4.87. The second-order valence-corrected chi connectivity index (χ2v) is 16.3. The Kier molecular flexibility index (Phi) is 11.0. The lowest BCUT2D eigenvalue weighted by atomic mass is 10.0. The number of hydrogen-bond donors (Lipinski definition) is 4. The molecule has 5 aromatic rings. The van der Waals surface area contributed by atoms with Gasteiger partial charge in [-0.3, -0.25) is 9.59 Å². The molecule has 0 aliphatic carbocycles. The van der Waals surface area contributed by atoms with Crippen LogP contribution in [0.4, 0.5) is 14.0 Å². The number of nitrogens with zero attached hydrogens (tertiary/aromatic N) is 5. The van der Waals surface area contributed by atoms with Crippen LogP contribution in [0.3, 0.4) is 0 Å². The number of aromatic nitrogens is 5. The van der Waals surface area contributed by atoms with Crippen LogP contribution in [0, 0.1) is 17.7 Å². The Labute approximate surface area is 346 Å². The van der Waals surface area contributed by atoms with Crippen LogP contribution >= 0.6 is 0 Å². The summed E-state index contributed by atoms with van der Waals surface area (Å²) in [6.07, 6.45) is 5.01. The van der Waals surface area contributed by atoms with Crippen molar-refractivity contribution in [3.05, 3.63) is 66.3 Å². The molecule has 0 spiro atoms. The number of alkyl carbamates (subject to hydrolysis) is 2. The number of rotatable bonds is 10. The van der Waals surface area contributed by atoms with Crippen molar-refractivity contribution < 1.29 is 37.8 Å². The Hall–Kier alpha value is -6.39. The first-order valence-electron chi connectivity index (χ1n) is 20.4. The summed E-state index contributed by atoms with van der Waals surface area (Å²) >= 11 is 0. The fraction of sp³-hybridized carbons (Fsp3) is 0.442. The summed E-state index contributed by atoms with van der Waals surface area (Å²) in [4.78, 5) is 70.8. The van der Waals surface area contributed by atoms with Crippen LogP contribution in [0.2, 0.25) is 0 Å². The number of halogens is 1. The van der Waals surface area contributed by atoms with Crippen molar-refractivity contribution in [1.82, 2.24) is 44.9 Å². The first kappa shape index (κ1) is 40.4. The van der Waals surface area contributed by atoms with Gasteiger partial charge in [-0.05, 0) is 67.9 Å². The van der Waals surface area contributed by atoms with E-state index >= 15 is 4.39 Å². The lowest BCUT2D eigenvalue weighted by Gasteiger charge is -2.30. The van der Waals surface area contributed by atoms with Gasteiger partial charge in [0.15, 0.2) is 6.73 Å². The Morgan fingerprint density at radius 2 is 1.35 bits per heavy atom. The van der Waals surface area contributed by atoms with E-state index in [0.717, 1.165) is 47.2 Å². The number of aromatic amines is 2. The molecule has 3 aliphatic heterocycles. The highest BCUT2D eigenvalue weighted by Crippen LogP contribution is 2.42. The van der Waals surface area contributed by atoms with Crippen LogP contribution < -0.4 is 15.4 Å². The van der Waals surface area contributed by atoms with Crippen molar-refractivity contribution in [2.24, 2.45) is 11.8 Å². The van der Waals surface area contributed by atoms with E-state index in [1.54, 1.807) is 28.3 Å². The molecule has 0 radical (unpaired) electrons. The predicted molar refractivity (Wildman–Crippen MR) is 219 cm³/mol. The molecule has 6 heterocycles. The summed E-state index contributed by atoms with van der Waals surface area (Å²) in [5, 5.41) is 6.17. The lowest BCUT2D eigenvalue weighted by Crippen LogP contribution is -2.51. The average Bonchev–Trinajstić information content (AvgIpc) is 4.09. The van der Waals surface area contributed by atoms with Crippen molar-refractivity contribution in [1.29, 1.82) is 0 Å². The van der Waals surface area contributed by atoms with Gasteiger partial charge in [-0.15, -0.1) is 0 Å². The van der Waals surface area contributed by atoms with Gasteiger partial charge >= 0.3 is 12.2 Å². The Morgan fingerprint density at radius 1 is 0.783 bits per heavy atom. The summed E-state index contributed by atoms with van der Waals surface area (Å²) < 4.78 is 33.7. The highest BCUT2D eigenvalue weighted by atomic mass is 19.1. The number of ether oxygens (including phenoxy) is 3. The van der Waals surface area contributed by atoms with E-state index in [1.165, 1.54) is 20.3 Å². The molecule has 17 heteroatoms. The standard InChI is InChI=1S/C43H50FN9O7/c1-22(2)36(49-42(56)58-5)40(54)51-13-7-9-31(51)38-45-19-29(47-38)24-11-12-26-34-16-25-15-27(28(44)18-33(25)53(34)21-60-35(26)17-24)30-20-46-39(48-30)32-10-8-14-52(32)41(55)37(23(3)4)50-43(57)59-6/h11-12,15-20,22-23,31-32,36-37H,7-10,13-14,21H2,1-6H3,(H,45,47)(H,46,48)(H,49,56)(H,50,57)/t31-,32-,36-,37-/m0/s1. The van der Waals surface area contributed by atoms with Gasteiger partial charge < -0.3 is 49.2 Å². The van der Waals surface area contributed by atoms with E-state index in [9.17, 15) is 19.2 Å². The van der Waals surface area contributed by atoms with E-state index in [0.29, 0.717) is 53.7 Å². The van der Waals surface area contributed by atoms with E-state index in [1.807, 2.05) is 56.5 Å². The van der Waals surface area contributed by atoms with Crippen LogP contribution in [-0.2, 0) is 25.8 Å². The lowest BCUT2D eigenvalue weighted by molar-refractivity contribution is -0.136. The molecule has 4 amide bonds. The van der Waals surface area contributed by atoms with Crippen molar-refractivity contribution in [2.45, 2.75) is 84.3 Å². The molecule has 2 aromatic carbocycles. The minimum atomic E-state index is -0.762. The van der Waals surface area contributed by atoms with E-state index < -0.39 is 30.1 Å². The Bertz CT molecular complexity index is 2450. The van der Waals surface area contributed by atoms with Gasteiger partial charge in [0.25, 0.3) is 0 Å². The van der Waals surface area contributed by atoms with E-state index in [2.05, 4.69) is 30.6 Å². The Morgan fingerprint density at radius 3 is 1.92 bits per heavy atom. The largest absolute Gasteiger partial charge is 0.472 e. The van der Waals surface area contributed by atoms with Gasteiger partial charge in [0.1, 0.15) is 35.3 Å². The number of amides is 4. The number of imidazole rings is 2. The van der Waals surface area contributed by atoms with Gasteiger partial charge in [-0.25, -0.2) is 23.9 Å². The van der Waals surface area contributed by atoms with Gasteiger partial charge in [0.05, 0.1) is 61.3 Å². The van der Waals surface area contributed by atoms with Crippen LogP contribution in [0.1, 0.15) is 77.1 Å². The van der Waals surface area contributed by atoms with Crippen molar-refractivity contribution in [2.75, 3.05) is 27.3 Å². The van der Waals surface area contributed by atoms with Crippen molar-refractivity contribution in [3.8, 4) is 39.5 Å². The summed E-state index contributed by atoms with van der Waals surface area (Å²) in [7, 11) is 2.54. The molecule has 2 fully saturated rings. The Balaban J connectivity index is 1.01. The number of likely N-dealkylation sites (tertiary alicyclic amines) is 2. The zero-order chi connectivity index (χ0) is 42.4. The minimum Gasteiger partial charge on any atom is -0.472 e. The third-order valence-electron chi connectivity index (χ3n) is 11.9. The molecule has 60 heavy (non-hydrogen) atoms. The molecule has 0 saturated carbocycles. The molecule has 0 unspecified atom stereocenters. The second kappa shape index (κ2) is 16.3. The van der Waals surface area contributed by atoms with Crippen LogP contribution in [0.25, 0.3) is 44.7 Å². The zero-order valence-corrected chi connectivity index (χ0v) is 34.5. The number of fused-ring (bicyclic) bond motifs is 5. The third-order valence-corrected chi connectivity index (χ3v) is 11.9. The molecule has 316 valence electrons. The maximum atomic E-state index is 16.0. The number of nitrogens with one attached hydrogen (secondary N) is 4. The molecule has 2 saturated heterocycles. The van der Waals surface area contributed by atoms with Gasteiger partial charge in [-0.1, -0.05) is 33.8 Å². The normalized spacial score (nSPS) is 18.3. The molecular formula is C43H50FN9O7. The van der Waals surface area contributed by atoms with Gasteiger partial charge in [0, 0.05) is 35.2 Å². The van der Waals surface area contributed by atoms with Crippen molar-refractivity contribution >= 4 is 34.9 Å². The average molecular weight is 824 g/mol. The zero-order valence-electron chi connectivity index (χ0n) is 34.5. The number of benzene rings is 2. The maximum absolute atomic E-state index is 16.0.